The molecule has 2 rings (SSSR count). The van der Waals surface area contributed by atoms with Crippen LogP contribution < -0.4 is 15.4 Å². The molecule has 0 bridgehead atoms. The van der Waals surface area contributed by atoms with Gasteiger partial charge >= 0.3 is 0 Å². The maximum atomic E-state index is 13.5. The first-order chi connectivity index (χ1) is 13.1. The SMILES string of the molecule is CC(C)(C)c1ccccc1OCC(=O)NCC(=O)Nc1ccc(F)c(F)c1F. The van der Waals surface area contributed by atoms with Crippen molar-refractivity contribution in [3.63, 3.8) is 0 Å². The van der Waals surface area contributed by atoms with E-state index in [9.17, 15) is 22.8 Å². The normalized spacial score (nSPS) is 11.1. The summed E-state index contributed by atoms with van der Waals surface area (Å²) in [6.45, 7) is 5.23. The fourth-order valence-electron chi connectivity index (χ4n) is 2.40. The standard InChI is InChI=1S/C20H21F3N2O3/c1-20(2,3)12-6-4-5-7-15(12)28-11-17(27)24-10-16(26)25-14-9-8-13(21)18(22)19(14)23/h4-9H,10-11H2,1-3H3,(H,24,27)(H,25,26). The first kappa shape index (κ1) is 21.3. The molecular formula is C20H21F3N2O3. The number of carbonyl (C=O) groups excluding carboxylic acids is 2. The number of hydrogen-bond donors (Lipinski definition) is 2. The minimum Gasteiger partial charge on any atom is -0.483 e. The molecule has 0 aliphatic heterocycles. The molecule has 0 heterocycles. The second kappa shape index (κ2) is 8.77. The van der Waals surface area contributed by atoms with Crippen LogP contribution >= 0.6 is 0 Å². The van der Waals surface area contributed by atoms with Gasteiger partial charge in [0.05, 0.1) is 12.2 Å². The van der Waals surface area contributed by atoms with Gasteiger partial charge in [0, 0.05) is 0 Å². The highest BCUT2D eigenvalue weighted by atomic mass is 19.2. The van der Waals surface area contributed by atoms with Crippen molar-refractivity contribution in [3.8, 4) is 5.75 Å². The highest BCUT2D eigenvalue weighted by Crippen LogP contribution is 2.30. The summed E-state index contributed by atoms with van der Waals surface area (Å²) in [6.07, 6.45) is 0. The number of ether oxygens (including phenoxy) is 1. The third kappa shape index (κ3) is 5.48. The van der Waals surface area contributed by atoms with E-state index < -0.39 is 41.5 Å². The van der Waals surface area contributed by atoms with Crippen LogP contribution in [0.4, 0.5) is 18.9 Å². The molecule has 150 valence electrons. The fraction of sp³-hybridized carbons (Fsp3) is 0.300. The second-order valence-corrected chi connectivity index (χ2v) is 7.08. The number of nitrogens with one attached hydrogen (secondary N) is 2. The number of anilines is 1. The maximum absolute atomic E-state index is 13.5. The Morgan fingerprint density at radius 2 is 1.64 bits per heavy atom. The maximum Gasteiger partial charge on any atom is 0.258 e. The average Bonchev–Trinajstić information content (AvgIpc) is 2.64. The summed E-state index contributed by atoms with van der Waals surface area (Å²) < 4.78 is 45.1. The van der Waals surface area contributed by atoms with E-state index in [0.29, 0.717) is 11.8 Å². The lowest BCUT2D eigenvalue weighted by Crippen LogP contribution is -2.36. The first-order valence-electron chi connectivity index (χ1n) is 8.52. The first-order valence-corrected chi connectivity index (χ1v) is 8.52. The summed E-state index contributed by atoms with van der Waals surface area (Å²) in [4.78, 5) is 23.7. The minimum atomic E-state index is -1.69. The lowest BCUT2D eigenvalue weighted by Gasteiger charge is -2.22. The van der Waals surface area contributed by atoms with E-state index in [4.69, 9.17) is 4.74 Å². The number of hydrogen-bond acceptors (Lipinski definition) is 3. The van der Waals surface area contributed by atoms with Gasteiger partial charge in [-0.05, 0) is 29.2 Å². The Morgan fingerprint density at radius 3 is 2.32 bits per heavy atom. The van der Waals surface area contributed by atoms with Crippen LogP contribution in [-0.2, 0) is 15.0 Å². The second-order valence-electron chi connectivity index (χ2n) is 7.08. The number of carbonyl (C=O) groups is 2. The molecule has 5 nitrogen and oxygen atoms in total. The fourth-order valence-corrected chi connectivity index (χ4v) is 2.40. The zero-order valence-electron chi connectivity index (χ0n) is 15.7. The molecule has 8 heteroatoms. The van der Waals surface area contributed by atoms with Gasteiger partial charge < -0.3 is 15.4 Å². The Labute approximate surface area is 160 Å². The van der Waals surface area contributed by atoms with Gasteiger partial charge in [-0.1, -0.05) is 39.0 Å². The van der Waals surface area contributed by atoms with Crippen molar-refractivity contribution in [2.45, 2.75) is 26.2 Å². The lowest BCUT2D eigenvalue weighted by molar-refractivity contribution is -0.125. The quantitative estimate of drug-likeness (QED) is 0.737. The van der Waals surface area contributed by atoms with Gasteiger partial charge in [0.25, 0.3) is 5.91 Å². The molecule has 0 saturated heterocycles. The Bertz CT molecular complexity index is 879. The van der Waals surface area contributed by atoms with Gasteiger partial charge in [-0.15, -0.1) is 0 Å². The molecule has 0 fully saturated rings. The molecule has 0 aliphatic rings. The van der Waals surface area contributed by atoms with E-state index in [1.54, 1.807) is 12.1 Å². The predicted octanol–water partition coefficient (Wildman–Crippen LogP) is 3.54. The van der Waals surface area contributed by atoms with Crippen LogP contribution in [0.5, 0.6) is 5.75 Å². The Kier molecular flexibility index (Phi) is 6.66. The Hall–Kier alpha value is -3.03. The molecule has 0 saturated carbocycles. The van der Waals surface area contributed by atoms with Crippen LogP contribution in [0, 0.1) is 17.5 Å². The monoisotopic (exact) mass is 394 g/mol. The van der Waals surface area contributed by atoms with E-state index in [1.165, 1.54) is 0 Å². The molecule has 2 aromatic carbocycles. The van der Waals surface area contributed by atoms with Gasteiger partial charge in [-0.25, -0.2) is 13.2 Å². The van der Waals surface area contributed by atoms with Crippen LogP contribution in [0.15, 0.2) is 36.4 Å². The Balaban J connectivity index is 1.87. The summed E-state index contributed by atoms with van der Waals surface area (Å²) in [5, 5.41) is 4.37. The van der Waals surface area contributed by atoms with E-state index in [0.717, 1.165) is 11.6 Å². The molecule has 0 spiro atoms. The summed E-state index contributed by atoms with van der Waals surface area (Å²) in [5.41, 5.74) is 0.226. The van der Waals surface area contributed by atoms with Gasteiger partial charge in [0.15, 0.2) is 24.1 Å². The molecule has 0 radical (unpaired) electrons. The lowest BCUT2D eigenvalue weighted by atomic mass is 9.86. The zero-order valence-corrected chi connectivity index (χ0v) is 15.7. The van der Waals surface area contributed by atoms with E-state index in [2.05, 4.69) is 10.6 Å². The number of amides is 2. The number of para-hydroxylation sites is 1. The molecule has 2 aromatic rings. The molecule has 2 N–H and O–H groups in total. The van der Waals surface area contributed by atoms with Gasteiger partial charge in [-0.3, -0.25) is 9.59 Å². The highest BCUT2D eigenvalue weighted by molar-refractivity contribution is 5.94. The van der Waals surface area contributed by atoms with Crippen molar-refractivity contribution >= 4 is 17.5 Å². The van der Waals surface area contributed by atoms with Crippen molar-refractivity contribution in [2.75, 3.05) is 18.5 Å². The number of rotatable bonds is 6. The Morgan fingerprint density at radius 1 is 0.964 bits per heavy atom. The molecule has 0 unspecified atom stereocenters. The van der Waals surface area contributed by atoms with Crippen molar-refractivity contribution < 1.29 is 27.5 Å². The van der Waals surface area contributed by atoms with Crippen LogP contribution in [-0.4, -0.2) is 25.0 Å². The largest absolute Gasteiger partial charge is 0.483 e. The molecule has 0 aliphatic carbocycles. The third-order valence-corrected chi connectivity index (χ3v) is 3.81. The van der Waals surface area contributed by atoms with Crippen LogP contribution in [0.1, 0.15) is 26.3 Å². The summed E-state index contributed by atoms with van der Waals surface area (Å²) in [7, 11) is 0. The minimum absolute atomic E-state index is 0.179. The van der Waals surface area contributed by atoms with Gasteiger partial charge in [0.1, 0.15) is 5.75 Å². The van der Waals surface area contributed by atoms with Crippen LogP contribution in [0.3, 0.4) is 0 Å². The van der Waals surface area contributed by atoms with Crippen LogP contribution in [0.2, 0.25) is 0 Å². The topological polar surface area (TPSA) is 67.4 Å². The van der Waals surface area contributed by atoms with E-state index in [-0.39, 0.29) is 12.0 Å². The molecular weight excluding hydrogens is 373 g/mol. The molecule has 2 amide bonds. The van der Waals surface area contributed by atoms with Crippen molar-refractivity contribution in [3.05, 3.63) is 59.4 Å². The number of halogens is 3. The smallest absolute Gasteiger partial charge is 0.258 e. The summed E-state index contributed by atoms with van der Waals surface area (Å²) >= 11 is 0. The van der Waals surface area contributed by atoms with Crippen LogP contribution in [0.25, 0.3) is 0 Å². The summed E-state index contributed by atoms with van der Waals surface area (Å²) in [5.74, 6) is -5.37. The van der Waals surface area contributed by atoms with Crippen molar-refractivity contribution in [2.24, 2.45) is 0 Å². The molecule has 0 aromatic heterocycles. The van der Waals surface area contributed by atoms with Crippen molar-refractivity contribution in [1.29, 1.82) is 0 Å². The highest BCUT2D eigenvalue weighted by Gasteiger charge is 2.19. The van der Waals surface area contributed by atoms with Gasteiger partial charge in [-0.2, -0.15) is 0 Å². The third-order valence-electron chi connectivity index (χ3n) is 3.81. The van der Waals surface area contributed by atoms with E-state index in [1.807, 2.05) is 32.9 Å². The van der Waals surface area contributed by atoms with Crippen molar-refractivity contribution in [1.82, 2.24) is 5.32 Å². The van der Waals surface area contributed by atoms with E-state index >= 15 is 0 Å². The zero-order chi connectivity index (χ0) is 20.9. The predicted molar refractivity (Wildman–Crippen MR) is 98.6 cm³/mol. The number of benzene rings is 2. The molecule has 0 atom stereocenters. The molecule has 28 heavy (non-hydrogen) atoms. The van der Waals surface area contributed by atoms with Gasteiger partial charge in [0.2, 0.25) is 5.91 Å². The summed E-state index contributed by atoms with van der Waals surface area (Å²) in [6, 6.07) is 8.87. The average molecular weight is 394 g/mol.